The molecule has 10 nitrogen and oxygen atoms in total. The highest BCUT2D eigenvalue weighted by Gasteiger charge is 2.46. The summed E-state index contributed by atoms with van der Waals surface area (Å²) in [7, 11) is 0. The van der Waals surface area contributed by atoms with Crippen LogP contribution in [-0.2, 0) is 9.59 Å². The molecular weight excluding hydrogens is 534 g/mol. The largest absolute Gasteiger partial charge is 0.410 e. The van der Waals surface area contributed by atoms with Gasteiger partial charge in [0.05, 0.1) is 30.2 Å². The van der Waals surface area contributed by atoms with Gasteiger partial charge in [-0.2, -0.15) is 10.4 Å². The average molecular weight is 564 g/mol. The van der Waals surface area contributed by atoms with Crippen molar-refractivity contribution in [2.75, 3.05) is 0 Å². The summed E-state index contributed by atoms with van der Waals surface area (Å²) in [6.45, 7) is 0. The van der Waals surface area contributed by atoms with Crippen molar-refractivity contribution in [2.24, 2.45) is 22.9 Å². The van der Waals surface area contributed by atoms with E-state index >= 15 is 0 Å². The molecule has 3 aliphatic carbocycles. The van der Waals surface area contributed by atoms with E-state index in [1.807, 2.05) is 0 Å². The van der Waals surface area contributed by atoms with E-state index in [4.69, 9.17) is 10.5 Å². The van der Waals surface area contributed by atoms with E-state index in [2.05, 4.69) is 25.9 Å². The van der Waals surface area contributed by atoms with Crippen molar-refractivity contribution in [1.82, 2.24) is 25.2 Å². The number of amides is 2. The van der Waals surface area contributed by atoms with Gasteiger partial charge in [0.15, 0.2) is 5.65 Å². The van der Waals surface area contributed by atoms with Crippen LogP contribution >= 0.6 is 0 Å². The maximum absolute atomic E-state index is 13.8. The van der Waals surface area contributed by atoms with Crippen LogP contribution in [0.1, 0.15) is 81.1 Å². The predicted octanol–water partition coefficient (Wildman–Crippen LogP) is 4.07. The Hall–Kier alpha value is -3.76. The van der Waals surface area contributed by atoms with Gasteiger partial charge < -0.3 is 15.8 Å². The molecule has 2 atom stereocenters. The number of carbonyl (C=O) groups excluding carboxylic acids is 2. The van der Waals surface area contributed by atoms with E-state index in [0.29, 0.717) is 16.9 Å². The Bertz CT molecular complexity index is 1350. The first-order chi connectivity index (χ1) is 19.0. The first kappa shape index (κ1) is 27.8. The molecule has 2 amide bonds. The van der Waals surface area contributed by atoms with Crippen molar-refractivity contribution < 1.29 is 32.4 Å². The van der Waals surface area contributed by atoms with Crippen LogP contribution in [-0.4, -0.2) is 49.2 Å². The molecule has 3 fully saturated rings. The summed E-state index contributed by atoms with van der Waals surface area (Å²) in [6, 6.07) is 2.01. The lowest BCUT2D eigenvalue weighted by molar-refractivity contribution is -0.134. The van der Waals surface area contributed by atoms with Crippen molar-refractivity contribution in [1.29, 1.82) is 5.26 Å². The third-order valence-corrected chi connectivity index (χ3v) is 8.04. The Morgan fingerprint density at radius 3 is 2.38 bits per heavy atom. The molecule has 3 aliphatic rings. The molecule has 3 saturated carbocycles. The van der Waals surface area contributed by atoms with E-state index in [1.165, 1.54) is 10.6 Å². The fraction of sp³-hybridized carbons (Fsp3) is 0.615. The lowest BCUT2D eigenvalue weighted by atomic mass is 9.79. The molecule has 0 radical (unpaired) electrons. The molecule has 2 aromatic heterocycles. The number of imidazole rings is 1. The quantitative estimate of drug-likeness (QED) is 0.182. The van der Waals surface area contributed by atoms with Crippen molar-refractivity contribution >= 4 is 23.2 Å². The molecule has 0 spiro atoms. The molecule has 40 heavy (non-hydrogen) atoms. The molecule has 0 aliphatic heterocycles. The number of carbonyl (C=O) groups is 2. The molecule has 0 saturated heterocycles. The molecule has 2 heterocycles. The van der Waals surface area contributed by atoms with Crippen LogP contribution in [0.2, 0.25) is 0 Å². The number of nitriles is 1. The Balaban J connectivity index is 1.36. The normalized spacial score (nSPS) is 22.6. The van der Waals surface area contributed by atoms with Crippen LogP contribution in [0.4, 0.5) is 17.6 Å². The lowest BCUT2D eigenvalue weighted by Crippen LogP contribution is -2.40. The Labute approximate surface area is 226 Å². The van der Waals surface area contributed by atoms with Crippen molar-refractivity contribution in [2.45, 2.75) is 81.7 Å². The fourth-order valence-electron chi connectivity index (χ4n) is 5.71. The number of halogens is 4. The van der Waals surface area contributed by atoms with E-state index in [9.17, 15) is 27.2 Å². The highest BCUT2D eigenvalue weighted by Crippen LogP contribution is 2.45. The van der Waals surface area contributed by atoms with Gasteiger partial charge in [-0.15, -0.1) is 0 Å². The van der Waals surface area contributed by atoms with Gasteiger partial charge >= 0.3 is 0 Å². The van der Waals surface area contributed by atoms with Gasteiger partial charge in [-0.3, -0.25) is 9.59 Å². The van der Waals surface area contributed by atoms with Crippen LogP contribution in [0, 0.1) is 29.1 Å². The highest BCUT2D eigenvalue weighted by atomic mass is 19.3. The van der Waals surface area contributed by atoms with E-state index in [-0.39, 0.29) is 68.7 Å². The second-order valence-electron chi connectivity index (χ2n) is 11.2. The van der Waals surface area contributed by atoms with Crippen LogP contribution < -0.4 is 10.6 Å². The second-order valence-corrected chi connectivity index (χ2v) is 11.2. The fourth-order valence-corrected chi connectivity index (χ4v) is 5.71. The SMILES string of the molecule is N#C/C(=N\O)C(=O)NC(c1cn2ncc(C(NC(=O)CC3CC(F)(F)C3)C3CC3)cc2n1)C1CCC(F)(F)CC1. The number of hydrogen-bond donors (Lipinski definition) is 3. The molecule has 0 aromatic carbocycles. The monoisotopic (exact) mass is 563 g/mol. The summed E-state index contributed by atoms with van der Waals surface area (Å²) in [4.78, 5) is 29.7. The van der Waals surface area contributed by atoms with Crippen molar-refractivity contribution in [3.05, 3.63) is 29.7 Å². The first-order valence-corrected chi connectivity index (χ1v) is 13.3. The maximum atomic E-state index is 13.8. The van der Waals surface area contributed by atoms with Gasteiger partial charge in [0.2, 0.25) is 23.5 Å². The van der Waals surface area contributed by atoms with Gasteiger partial charge in [-0.05, 0) is 55.1 Å². The van der Waals surface area contributed by atoms with E-state index in [0.717, 1.165) is 12.8 Å². The van der Waals surface area contributed by atoms with Crippen molar-refractivity contribution in [3.63, 3.8) is 0 Å². The summed E-state index contributed by atoms with van der Waals surface area (Å²) in [5.41, 5.74) is 0.643. The molecule has 2 aromatic rings. The Morgan fingerprint density at radius 1 is 1.10 bits per heavy atom. The number of alkyl halides is 4. The first-order valence-electron chi connectivity index (χ1n) is 13.3. The number of nitrogens with one attached hydrogen (secondary N) is 2. The zero-order valence-electron chi connectivity index (χ0n) is 21.5. The van der Waals surface area contributed by atoms with Crippen LogP contribution in [0.25, 0.3) is 5.65 Å². The van der Waals surface area contributed by atoms with Gasteiger partial charge in [0.1, 0.15) is 6.07 Å². The maximum Gasteiger partial charge on any atom is 0.284 e. The highest BCUT2D eigenvalue weighted by molar-refractivity contribution is 6.45. The average Bonchev–Trinajstić information content (AvgIpc) is 3.63. The molecular formula is C26H29F4N7O3. The number of fused-ring (bicyclic) bond motifs is 1. The minimum Gasteiger partial charge on any atom is -0.410 e. The molecule has 3 N–H and O–H groups in total. The number of oxime groups is 1. The number of rotatable bonds is 9. The summed E-state index contributed by atoms with van der Waals surface area (Å²) in [6.07, 6.45) is 3.88. The summed E-state index contributed by atoms with van der Waals surface area (Å²) in [5, 5.41) is 30.7. The minimum absolute atomic E-state index is 0.0334. The zero-order chi connectivity index (χ0) is 28.7. The zero-order valence-corrected chi connectivity index (χ0v) is 21.5. The van der Waals surface area contributed by atoms with E-state index in [1.54, 1.807) is 18.5 Å². The van der Waals surface area contributed by atoms with Gasteiger partial charge in [0, 0.05) is 32.1 Å². The van der Waals surface area contributed by atoms with Crippen LogP contribution in [0.3, 0.4) is 0 Å². The standard InChI is InChI=1S/C26H29F4N7O3/c27-25(28)5-3-16(4-6-25)23(35-24(39)18(11-31)36-40)19-13-37-20(33-19)8-17(12-32-37)22(15-1-2-15)34-21(38)7-14-9-26(29,30)10-14/h8,12-16,22-23,40H,1-7,9-10H2,(H,34,38)(H,35,39)/b36-18+. The minimum atomic E-state index is -2.80. The summed E-state index contributed by atoms with van der Waals surface area (Å²) < 4.78 is 55.5. The molecule has 0 bridgehead atoms. The number of hydrogen-bond acceptors (Lipinski definition) is 7. The topological polar surface area (TPSA) is 145 Å². The Kier molecular flexibility index (Phi) is 7.41. The number of aromatic nitrogens is 3. The third kappa shape index (κ3) is 6.18. The molecule has 2 unspecified atom stereocenters. The Morgan fingerprint density at radius 2 is 1.77 bits per heavy atom. The summed E-state index contributed by atoms with van der Waals surface area (Å²) in [5.74, 6) is -7.31. The van der Waals surface area contributed by atoms with Crippen LogP contribution in [0.15, 0.2) is 23.6 Å². The van der Waals surface area contributed by atoms with Crippen molar-refractivity contribution in [3.8, 4) is 6.07 Å². The summed E-state index contributed by atoms with van der Waals surface area (Å²) >= 11 is 0. The molecule has 5 rings (SSSR count). The number of nitrogens with zero attached hydrogens (tertiary/aromatic N) is 5. The third-order valence-electron chi connectivity index (χ3n) is 8.04. The molecule has 214 valence electrons. The van der Waals surface area contributed by atoms with Gasteiger partial charge in [-0.1, -0.05) is 5.16 Å². The van der Waals surface area contributed by atoms with Gasteiger partial charge in [-0.25, -0.2) is 27.1 Å². The predicted molar refractivity (Wildman–Crippen MR) is 132 cm³/mol. The van der Waals surface area contributed by atoms with Crippen LogP contribution in [0.5, 0.6) is 0 Å². The smallest absolute Gasteiger partial charge is 0.284 e. The lowest BCUT2D eigenvalue weighted by Gasteiger charge is -2.34. The second kappa shape index (κ2) is 10.7. The van der Waals surface area contributed by atoms with E-state index < -0.39 is 35.4 Å². The molecule has 14 heteroatoms. The van der Waals surface area contributed by atoms with Gasteiger partial charge in [0.25, 0.3) is 5.91 Å².